The van der Waals surface area contributed by atoms with Crippen molar-refractivity contribution in [1.29, 1.82) is 0 Å². The molecule has 0 radical (unpaired) electrons. The van der Waals surface area contributed by atoms with Crippen LogP contribution in [0.25, 0.3) is 0 Å². The molecule has 0 rings (SSSR count). The van der Waals surface area contributed by atoms with Crippen LogP contribution >= 0.6 is 15.6 Å². The fourth-order valence-electron chi connectivity index (χ4n) is 0.782. The number of phosphoric acid groups is 2. The molecule has 0 fully saturated rings. The van der Waals surface area contributed by atoms with Crippen molar-refractivity contribution in [2.24, 2.45) is 0 Å². The summed E-state index contributed by atoms with van der Waals surface area (Å²) >= 11 is 0. The van der Waals surface area contributed by atoms with Crippen LogP contribution in [0.3, 0.4) is 0 Å². The summed E-state index contributed by atoms with van der Waals surface area (Å²) in [4.78, 5) is 48.1. The van der Waals surface area contributed by atoms with Gasteiger partial charge in [-0.15, -0.1) is 0 Å². The molecule has 0 spiro atoms. The standard InChI is InChI=1S/C6H13O9P.H3O4P/c7-1-3(8)5(10)6(11)4(9)2-15-16(12,13)14;1-5(2,3)4/h1,3-6,8-11H,2H2,(H2,12,13,14);(H3,1,2,3,4). The van der Waals surface area contributed by atoms with Crippen LogP contribution in [0.5, 0.6) is 0 Å². The lowest BCUT2D eigenvalue weighted by molar-refractivity contribution is -0.136. The SMILES string of the molecule is O=CC(O)C(O)C(O)C(O)COP(=O)(O)O.O=P(O)(O)O. The Hall–Kier alpha value is -0.270. The van der Waals surface area contributed by atoms with Crippen molar-refractivity contribution < 1.29 is 63.3 Å². The molecule has 0 saturated heterocycles. The maximum absolute atomic E-state index is 10.2. The van der Waals surface area contributed by atoms with Crippen LogP contribution in [-0.4, -0.2) is 82.2 Å². The van der Waals surface area contributed by atoms with Crippen LogP contribution in [0.15, 0.2) is 0 Å². The van der Waals surface area contributed by atoms with E-state index >= 15 is 0 Å². The van der Waals surface area contributed by atoms with E-state index in [0.29, 0.717) is 0 Å². The maximum Gasteiger partial charge on any atom is 0.469 e. The average molecular weight is 358 g/mol. The molecule has 0 heterocycles. The molecule has 0 aliphatic carbocycles. The van der Waals surface area contributed by atoms with E-state index in [1.54, 1.807) is 0 Å². The van der Waals surface area contributed by atoms with E-state index in [4.69, 9.17) is 49.5 Å². The fraction of sp³-hybridized carbons (Fsp3) is 0.833. The molecule has 15 heteroatoms. The van der Waals surface area contributed by atoms with Crippen LogP contribution in [-0.2, 0) is 18.4 Å². The van der Waals surface area contributed by atoms with E-state index in [0.717, 1.165) is 0 Å². The van der Waals surface area contributed by atoms with Crippen molar-refractivity contribution in [1.82, 2.24) is 0 Å². The monoisotopic (exact) mass is 358 g/mol. The first-order chi connectivity index (χ1) is 9.19. The van der Waals surface area contributed by atoms with Crippen molar-refractivity contribution in [3.8, 4) is 0 Å². The van der Waals surface area contributed by atoms with Gasteiger partial charge in [-0.1, -0.05) is 0 Å². The zero-order chi connectivity index (χ0) is 17.4. The summed E-state index contributed by atoms with van der Waals surface area (Å²) in [6, 6.07) is 0. The summed E-state index contributed by atoms with van der Waals surface area (Å²) in [5.41, 5.74) is 0. The zero-order valence-electron chi connectivity index (χ0n) is 10.1. The highest BCUT2D eigenvalue weighted by Gasteiger charge is 2.31. The lowest BCUT2D eigenvalue weighted by Crippen LogP contribution is -2.46. The number of rotatable bonds is 7. The fourth-order valence-corrected chi connectivity index (χ4v) is 1.13. The van der Waals surface area contributed by atoms with Crippen molar-refractivity contribution in [2.45, 2.75) is 24.4 Å². The van der Waals surface area contributed by atoms with Gasteiger partial charge < -0.3 is 49.7 Å². The molecule has 0 aromatic carbocycles. The van der Waals surface area contributed by atoms with Gasteiger partial charge in [-0.2, -0.15) is 0 Å². The lowest BCUT2D eigenvalue weighted by Gasteiger charge is -2.23. The molecule has 0 aliphatic rings. The quantitative estimate of drug-likeness (QED) is 0.155. The molecule has 13 nitrogen and oxygen atoms in total. The molecule has 4 unspecified atom stereocenters. The van der Waals surface area contributed by atoms with E-state index in [-0.39, 0.29) is 6.29 Å². The third-order valence-corrected chi connectivity index (χ3v) is 2.13. The Balaban J connectivity index is 0. The van der Waals surface area contributed by atoms with Crippen molar-refractivity contribution in [3.05, 3.63) is 0 Å². The molecule has 0 aliphatic heterocycles. The Morgan fingerprint density at radius 3 is 1.57 bits per heavy atom. The summed E-state index contributed by atoms with van der Waals surface area (Å²) in [6.45, 7) is -0.964. The zero-order valence-corrected chi connectivity index (χ0v) is 11.9. The minimum atomic E-state index is -4.80. The van der Waals surface area contributed by atoms with Gasteiger partial charge in [-0.3, -0.25) is 4.52 Å². The van der Waals surface area contributed by atoms with Crippen molar-refractivity contribution >= 4 is 21.9 Å². The van der Waals surface area contributed by atoms with Gasteiger partial charge in [0.2, 0.25) is 0 Å². The van der Waals surface area contributed by atoms with Gasteiger partial charge in [0.15, 0.2) is 6.29 Å². The summed E-state index contributed by atoms with van der Waals surface area (Å²) in [5, 5.41) is 36.1. The second-order valence-electron chi connectivity index (χ2n) is 3.47. The Labute approximate surface area is 117 Å². The third-order valence-electron chi connectivity index (χ3n) is 1.65. The summed E-state index contributed by atoms with van der Waals surface area (Å²) in [7, 11) is -9.44. The van der Waals surface area contributed by atoms with Gasteiger partial charge in [0.1, 0.15) is 24.4 Å². The van der Waals surface area contributed by atoms with Crippen LogP contribution in [0.4, 0.5) is 0 Å². The van der Waals surface area contributed by atoms with E-state index in [2.05, 4.69) is 4.52 Å². The summed E-state index contributed by atoms with van der Waals surface area (Å²) in [5.74, 6) is 0. The number of aldehydes is 1. The molecule has 9 N–H and O–H groups in total. The highest BCUT2D eigenvalue weighted by molar-refractivity contribution is 7.46. The first-order valence-corrected chi connectivity index (χ1v) is 7.94. The molecule has 0 saturated carbocycles. The number of carbonyl (C=O) groups is 1. The van der Waals surface area contributed by atoms with Crippen LogP contribution < -0.4 is 0 Å². The normalized spacial score (nSPS) is 18.0. The van der Waals surface area contributed by atoms with Gasteiger partial charge in [-0.25, -0.2) is 9.13 Å². The Kier molecular flexibility index (Phi) is 10.6. The molecule has 0 bridgehead atoms. The number of hydrogen-bond donors (Lipinski definition) is 9. The van der Waals surface area contributed by atoms with Gasteiger partial charge in [0.05, 0.1) is 6.61 Å². The Bertz CT molecular complexity index is 378. The molecule has 4 atom stereocenters. The predicted molar refractivity (Wildman–Crippen MR) is 62.4 cm³/mol. The molecular weight excluding hydrogens is 342 g/mol. The summed E-state index contributed by atoms with van der Waals surface area (Å²) < 4.78 is 23.0. The van der Waals surface area contributed by atoms with Crippen molar-refractivity contribution in [3.63, 3.8) is 0 Å². The largest absolute Gasteiger partial charge is 0.469 e. The predicted octanol–water partition coefficient (Wildman–Crippen LogP) is -4.19. The van der Waals surface area contributed by atoms with E-state index in [1.165, 1.54) is 0 Å². The highest BCUT2D eigenvalue weighted by Crippen LogP contribution is 2.35. The Morgan fingerprint density at radius 2 is 1.29 bits per heavy atom. The minimum absolute atomic E-state index is 0.0650. The highest BCUT2D eigenvalue weighted by atomic mass is 31.2. The topological polar surface area (TPSA) is 243 Å². The van der Waals surface area contributed by atoms with E-state index in [9.17, 15) is 9.36 Å². The average Bonchev–Trinajstić information content (AvgIpc) is 2.30. The molecule has 0 aromatic heterocycles. The van der Waals surface area contributed by atoms with E-state index in [1.807, 2.05) is 0 Å². The molecule has 21 heavy (non-hydrogen) atoms. The number of carbonyl (C=O) groups excluding carboxylic acids is 1. The third kappa shape index (κ3) is 15.9. The van der Waals surface area contributed by atoms with Crippen LogP contribution in [0.2, 0.25) is 0 Å². The minimum Gasteiger partial charge on any atom is -0.388 e. The van der Waals surface area contributed by atoms with Gasteiger partial charge >= 0.3 is 15.6 Å². The number of phosphoric ester groups is 1. The molecule has 128 valence electrons. The van der Waals surface area contributed by atoms with Gasteiger partial charge in [0.25, 0.3) is 0 Å². The smallest absolute Gasteiger partial charge is 0.388 e. The first kappa shape index (κ1) is 23.0. The molecule has 0 aromatic rings. The molecule has 0 amide bonds. The van der Waals surface area contributed by atoms with E-state index < -0.39 is 46.7 Å². The van der Waals surface area contributed by atoms with Crippen LogP contribution in [0.1, 0.15) is 0 Å². The Morgan fingerprint density at radius 1 is 0.905 bits per heavy atom. The number of aliphatic hydroxyl groups is 4. The van der Waals surface area contributed by atoms with Gasteiger partial charge in [-0.05, 0) is 0 Å². The number of hydrogen-bond acceptors (Lipinski definition) is 8. The van der Waals surface area contributed by atoms with Gasteiger partial charge in [0, 0.05) is 0 Å². The first-order valence-electron chi connectivity index (χ1n) is 4.85. The number of aliphatic hydroxyl groups excluding tert-OH is 4. The second-order valence-corrected chi connectivity index (χ2v) is 5.74. The van der Waals surface area contributed by atoms with Crippen LogP contribution in [0, 0.1) is 0 Å². The second kappa shape index (κ2) is 9.69. The van der Waals surface area contributed by atoms with Crippen molar-refractivity contribution in [2.75, 3.05) is 6.61 Å². The maximum atomic E-state index is 10.2. The lowest BCUT2D eigenvalue weighted by atomic mass is 10.0. The summed E-state index contributed by atoms with van der Waals surface area (Å²) in [6.07, 6.45) is -7.80. The molecular formula is C6H16O13P2.